The third-order valence-corrected chi connectivity index (χ3v) is 6.57. The molecule has 2 aromatic carbocycles. The van der Waals surface area contributed by atoms with Crippen molar-refractivity contribution in [2.45, 2.75) is 43.1 Å². The lowest BCUT2D eigenvalue weighted by Gasteiger charge is -2.32. The molecule has 0 fully saturated rings. The SMILES string of the molecule is CCOc1cc(C2C3=C(CCCC3=O)Nc3nc(SCc4ccccc4)nn32)ccc1O. The van der Waals surface area contributed by atoms with E-state index in [9.17, 15) is 9.90 Å². The molecule has 2 heterocycles. The van der Waals surface area contributed by atoms with Gasteiger partial charge in [-0.05, 0) is 43.0 Å². The number of rotatable bonds is 6. The first-order chi connectivity index (χ1) is 15.6. The second-order valence-electron chi connectivity index (χ2n) is 7.79. The number of carbonyl (C=O) groups is 1. The van der Waals surface area contributed by atoms with Crippen LogP contribution in [0.1, 0.15) is 43.4 Å². The number of phenols is 1. The Morgan fingerprint density at radius 2 is 2.06 bits per heavy atom. The molecule has 0 radical (unpaired) electrons. The van der Waals surface area contributed by atoms with Crippen LogP contribution in [-0.2, 0) is 10.5 Å². The first-order valence-corrected chi connectivity index (χ1v) is 11.7. The number of hydrogen-bond donors (Lipinski definition) is 2. The average Bonchev–Trinajstić information content (AvgIpc) is 3.21. The first kappa shape index (κ1) is 20.6. The Kier molecular flexibility index (Phi) is 5.61. The number of carbonyl (C=O) groups excluding carboxylic acids is 1. The van der Waals surface area contributed by atoms with E-state index in [1.807, 2.05) is 31.2 Å². The number of aromatic nitrogens is 3. The van der Waals surface area contributed by atoms with Gasteiger partial charge >= 0.3 is 0 Å². The first-order valence-electron chi connectivity index (χ1n) is 10.8. The number of ketones is 1. The van der Waals surface area contributed by atoms with Gasteiger partial charge in [-0.15, -0.1) is 5.10 Å². The van der Waals surface area contributed by atoms with Crippen LogP contribution in [0.5, 0.6) is 11.5 Å². The Bertz CT molecular complexity index is 1190. The minimum atomic E-state index is -0.410. The molecule has 8 heteroatoms. The molecule has 2 aliphatic rings. The highest BCUT2D eigenvalue weighted by Gasteiger charge is 2.37. The van der Waals surface area contributed by atoms with Gasteiger partial charge in [-0.1, -0.05) is 48.2 Å². The van der Waals surface area contributed by atoms with Crippen molar-refractivity contribution in [2.24, 2.45) is 0 Å². The number of ether oxygens (including phenoxy) is 1. The molecule has 1 aliphatic heterocycles. The number of allylic oxidation sites excluding steroid dienone is 2. The zero-order valence-electron chi connectivity index (χ0n) is 17.7. The van der Waals surface area contributed by atoms with Gasteiger partial charge < -0.3 is 15.2 Å². The van der Waals surface area contributed by atoms with E-state index in [4.69, 9.17) is 14.8 Å². The third kappa shape index (κ3) is 3.86. The van der Waals surface area contributed by atoms with Gasteiger partial charge in [0.15, 0.2) is 17.3 Å². The fraction of sp³-hybridized carbons (Fsp3) is 0.292. The summed E-state index contributed by atoms with van der Waals surface area (Å²) in [6.45, 7) is 2.30. The van der Waals surface area contributed by atoms with Crippen molar-refractivity contribution in [2.75, 3.05) is 11.9 Å². The monoisotopic (exact) mass is 448 g/mol. The summed E-state index contributed by atoms with van der Waals surface area (Å²) < 4.78 is 7.38. The maximum Gasteiger partial charge on any atom is 0.227 e. The van der Waals surface area contributed by atoms with Gasteiger partial charge in [0.05, 0.1) is 6.61 Å². The maximum absolute atomic E-state index is 13.0. The Morgan fingerprint density at radius 1 is 1.22 bits per heavy atom. The van der Waals surface area contributed by atoms with Crippen molar-refractivity contribution in [3.63, 3.8) is 0 Å². The summed E-state index contributed by atoms with van der Waals surface area (Å²) in [5.41, 5.74) is 3.67. The number of fused-ring (bicyclic) bond motifs is 1. The Labute approximate surface area is 190 Å². The number of hydrogen-bond acceptors (Lipinski definition) is 7. The summed E-state index contributed by atoms with van der Waals surface area (Å²) in [7, 11) is 0. The number of benzene rings is 2. The molecule has 0 saturated heterocycles. The van der Waals surface area contributed by atoms with E-state index >= 15 is 0 Å². The number of Topliss-reactive ketones (excluding diaryl/α,β-unsaturated/α-hetero) is 1. The number of thioether (sulfide) groups is 1. The van der Waals surface area contributed by atoms with Crippen LogP contribution in [-0.4, -0.2) is 32.3 Å². The van der Waals surface area contributed by atoms with Crippen molar-refractivity contribution in [3.8, 4) is 11.5 Å². The number of nitrogens with one attached hydrogen (secondary N) is 1. The summed E-state index contributed by atoms with van der Waals surface area (Å²) in [4.78, 5) is 17.7. The van der Waals surface area contributed by atoms with Crippen molar-refractivity contribution in [3.05, 3.63) is 70.9 Å². The smallest absolute Gasteiger partial charge is 0.227 e. The van der Waals surface area contributed by atoms with Crippen LogP contribution in [0.4, 0.5) is 5.95 Å². The highest BCUT2D eigenvalue weighted by atomic mass is 32.2. The van der Waals surface area contributed by atoms with Crippen LogP contribution < -0.4 is 10.1 Å². The minimum absolute atomic E-state index is 0.0756. The molecule has 0 spiro atoms. The van der Waals surface area contributed by atoms with Crippen molar-refractivity contribution >= 4 is 23.5 Å². The molecule has 3 aromatic rings. The molecule has 0 saturated carbocycles. The molecule has 1 aromatic heterocycles. The predicted octanol–water partition coefficient (Wildman–Crippen LogP) is 4.70. The van der Waals surface area contributed by atoms with Gasteiger partial charge in [-0.2, -0.15) is 4.98 Å². The Balaban J connectivity index is 1.54. The molecule has 164 valence electrons. The summed E-state index contributed by atoms with van der Waals surface area (Å²) in [6, 6.07) is 15.0. The normalized spacial score (nSPS) is 17.5. The van der Waals surface area contributed by atoms with Crippen LogP contribution >= 0.6 is 11.8 Å². The van der Waals surface area contributed by atoms with Gasteiger partial charge in [0.2, 0.25) is 11.1 Å². The zero-order valence-corrected chi connectivity index (χ0v) is 18.6. The second kappa shape index (κ2) is 8.70. The van der Waals surface area contributed by atoms with E-state index in [0.29, 0.717) is 29.9 Å². The summed E-state index contributed by atoms with van der Waals surface area (Å²) in [6.07, 6.45) is 2.14. The second-order valence-corrected chi connectivity index (χ2v) is 8.74. The van der Waals surface area contributed by atoms with Crippen molar-refractivity contribution in [1.29, 1.82) is 0 Å². The molecule has 0 amide bonds. The van der Waals surface area contributed by atoms with Gasteiger partial charge in [0, 0.05) is 23.4 Å². The van der Waals surface area contributed by atoms with Crippen molar-refractivity contribution < 1.29 is 14.6 Å². The van der Waals surface area contributed by atoms with E-state index in [-0.39, 0.29) is 11.5 Å². The molecular formula is C24H24N4O3S. The van der Waals surface area contributed by atoms with E-state index in [2.05, 4.69) is 17.4 Å². The standard InChI is InChI=1S/C24H24N4O3S/c1-2-31-20-13-16(11-12-18(20)29)22-21-17(9-6-10-19(21)30)25-23-26-24(27-28(22)23)32-14-15-7-4-3-5-8-15/h3-5,7-8,11-13,22,29H,2,6,9-10,14H2,1H3,(H,25,26,27). The molecule has 7 nitrogen and oxygen atoms in total. The van der Waals surface area contributed by atoms with Gasteiger partial charge in [0.1, 0.15) is 6.04 Å². The quantitative estimate of drug-likeness (QED) is 0.529. The average molecular weight is 449 g/mol. The molecule has 5 rings (SSSR count). The number of phenolic OH excluding ortho intramolecular Hbond substituents is 1. The molecule has 1 aliphatic carbocycles. The van der Waals surface area contributed by atoms with Gasteiger partial charge in [0.25, 0.3) is 0 Å². The maximum atomic E-state index is 13.0. The number of nitrogens with zero attached hydrogens (tertiary/aromatic N) is 3. The zero-order chi connectivity index (χ0) is 22.1. The minimum Gasteiger partial charge on any atom is -0.504 e. The van der Waals surface area contributed by atoms with E-state index in [0.717, 1.165) is 35.4 Å². The number of aromatic hydroxyl groups is 1. The van der Waals surface area contributed by atoms with Crippen LogP contribution in [0.15, 0.2) is 65.0 Å². The van der Waals surface area contributed by atoms with Gasteiger partial charge in [-0.3, -0.25) is 4.79 Å². The molecule has 32 heavy (non-hydrogen) atoms. The van der Waals surface area contributed by atoms with Gasteiger partial charge in [-0.25, -0.2) is 4.68 Å². The summed E-state index contributed by atoms with van der Waals surface area (Å²) in [5, 5.41) is 18.9. The third-order valence-electron chi connectivity index (χ3n) is 5.66. The van der Waals surface area contributed by atoms with E-state index in [1.165, 1.54) is 5.56 Å². The van der Waals surface area contributed by atoms with Crippen molar-refractivity contribution in [1.82, 2.24) is 14.8 Å². The molecule has 2 N–H and O–H groups in total. The molecule has 1 atom stereocenters. The van der Waals surface area contributed by atoms with Crippen LogP contribution in [0.3, 0.4) is 0 Å². The summed E-state index contributed by atoms with van der Waals surface area (Å²) in [5.74, 6) is 1.98. The fourth-order valence-corrected chi connectivity index (χ4v) is 4.98. The van der Waals surface area contributed by atoms with E-state index < -0.39 is 6.04 Å². The van der Waals surface area contributed by atoms with Crippen LogP contribution in [0.25, 0.3) is 0 Å². The fourth-order valence-electron chi connectivity index (χ4n) is 4.20. The van der Waals surface area contributed by atoms with Crippen LogP contribution in [0, 0.1) is 0 Å². The van der Waals surface area contributed by atoms with Crippen LogP contribution in [0.2, 0.25) is 0 Å². The molecular weight excluding hydrogens is 424 g/mol. The lowest BCUT2D eigenvalue weighted by atomic mass is 9.85. The lowest BCUT2D eigenvalue weighted by molar-refractivity contribution is -0.116. The van der Waals surface area contributed by atoms with E-state index in [1.54, 1.807) is 28.6 Å². The molecule has 1 unspecified atom stereocenters. The largest absolute Gasteiger partial charge is 0.504 e. The molecule has 0 bridgehead atoms. The highest BCUT2D eigenvalue weighted by Crippen LogP contribution is 2.42. The Morgan fingerprint density at radius 3 is 2.88 bits per heavy atom. The predicted molar refractivity (Wildman–Crippen MR) is 123 cm³/mol. The topological polar surface area (TPSA) is 89.3 Å². The lowest BCUT2D eigenvalue weighted by Crippen LogP contribution is -2.31. The summed E-state index contributed by atoms with van der Waals surface area (Å²) >= 11 is 1.56. The Hall–Kier alpha value is -3.26. The number of anilines is 1. The highest BCUT2D eigenvalue weighted by molar-refractivity contribution is 7.98.